The molecule has 0 spiro atoms. The van der Waals surface area contributed by atoms with Crippen molar-refractivity contribution in [3.8, 4) is 5.75 Å². The van der Waals surface area contributed by atoms with E-state index in [2.05, 4.69) is 0 Å². The van der Waals surface area contributed by atoms with Crippen LogP contribution in [0.5, 0.6) is 5.75 Å². The number of amides is 3. The van der Waals surface area contributed by atoms with E-state index in [4.69, 9.17) is 21.1 Å². The number of likely N-dealkylation sites (tertiary alicyclic amines) is 1. The van der Waals surface area contributed by atoms with Crippen molar-refractivity contribution in [3.05, 3.63) is 58.6 Å². The monoisotopic (exact) mass is 539 g/mol. The van der Waals surface area contributed by atoms with E-state index in [0.29, 0.717) is 25.4 Å². The number of nitrogens with zero attached hydrogens (tertiary/aromatic N) is 3. The standard InChI is InChI=1S/C26H29ClF3N3O4/c1-17-13-33(24(34)21-10-9-20(12-22(21)27)37-16-26(28,29)30)23-8-4-3-6-18(23)14-32(17)25(35)31-11-5-7-19(31)15-36-2/h3-4,6,8-10,12,17,19H,5,7,11,13-16H2,1-2H3/t17-,19+/m1/s1. The Kier molecular flexibility index (Phi) is 8.18. The molecular weight excluding hydrogens is 511 g/mol. The lowest BCUT2D eigenvalue weighted by Gasteiger charge is -2.35. The van der Waals surface area contributed by atoms with E-state index in [1.54, 1.807) is 16.9 Å². The molecule has 2 aromatic rings. The molecule has 4 rings (SSSR count). The number of ether oxygens (including phenoxy) is 2. The molecule has 0 N–H and O–H groups in total. The third kappa shape index (κ3) is 6.13. The van der Waals surface area contributed by atoms with E-state index in [0.717, 1.165) is 18.4 Å². The summed E-state index contributed by atoms with van der Waals surface area (Å²) in [6.45, 7) is 2.09. The fraction of sp³-hybridized carbons (Fsp3) is 0.462. The minimum atomic E-state index is -4.49. The van der Waals surface area contributed by atoms with Crippen molar-refractivity contribution >= 4 is 29.2 Å². The Morgan fingerprint density at radius 3 is 2.59 bits per heavy atom. The number of hydrogen-bond donors (Lipinski definition) is 0. The molecule has 0 aromatic heterocycles. The Morgan fingerprint density at radius 2 is 1.89 bits per heavy atom. The van der Waals surface area contributed by atoms with Gasteiger partial charge in [0, 0.05) is 38.5 Å². The summed E-state index contributed by atoms with van der Waals surface area (Å²) in [5, 5.41) is -0.0218. The van der Waals surface area contributed by atoms with Gasteiger partial charge in [-0.3, -0.25) is 4.79 Å². The van der Waals surface area contributed by atoms with Gasteiger partial charge in [-0.25, -0.2) is 4.79 Å². The number of urea groups is 1. The number of rotatable bonds is 5. The maximum absolute atomic E-state index is 13.7. The molecule has 2 heterocycles. The van der Waals surface area contributed by atoms with Crippen LogP contribution in [-0.2, 0) is 11.3 Å². The molecule has 0 saturated carbocycles. The number of carbonyl (C=O) groups is 2. The number of alkyl halides is 3. The largest absolute Gasteiger partial charge is 0.484 e. The molecule has 200 valence electrons. The summed E-state index contributed by atoms with van der Waals surface area (Å²) in [6, 6.07) is 10.8. The number of benzene rings is 2. The zero-order valence-corrected chi connectivity index (χ0v) is 21.4. The van der Waals surface area contributed by atoms with Gasteiger partial charge in [0.05, 0.1) is 23.2 Å². The third-order valence-electron chi connectivity index (χ3n) is 6.65. The Bertz CT molecular complexity index is 1150. The average molecular weight is 540 g/mol. The van der Waals surface area contributed by atoms with Gasteiger partial charge in [0.1, 0.15) is 5.75 Å². The number of anilines is 1. The van der Waals surface area contributed by atoms with Crippen molar-refractivity contribution in [1.82, 2.24) is 9.80 Å². The Hall–Kier alpha value is -2.98. The van der Waals surface area contributed by atoms with E-state index in [1.807, 2.05) is 36.1 Å². The summed E-state index contributed by atoms with van der Waals surface area (Å²) < 4.78 is 47.6. The summed E-state index contributed by atoms with van der Waals surface area (Å²) >= 11 is 6.32. The van der Waals surface area contributed by atoms with Crippen molar-refractivity contribution in [3.63, 3.8) is 0 Å². The van der Waals surface area contributed by atoms with Crippen LogP contribution < -0.4 is 9.64 Å². The molecule has 2 aliphatic heterocycles. The van der Waals surface area contributed by atoms with Crippen molar-refractivity contribution < 1.29 is 32.2 Å². The Labute approximate surface area is 218 Å². The fourth-order valence-electron chi connectivity index (χ4n) is 4.84. The predicted octanol–water partition coefficient (Wildman–Crippen LogP) is 5.36. The Morgan fingerprint density at radius 1 is 1.14 bits per heavy atom. The summed E-state index contributed by atoms with van der Waals surface area (Å²) in [4.78, 5) is 32.5. The number of methoxy groups -OCH3 is 1. The van der Waals surface area contributed by atoms with Crippen LogP contribution in [0, 0.1) is 0 Å². The van der Waals surface area contributed by atoms with Gasteiger partial charge in [-0.15, -0.1) is 0 Å². The van der Waals surface area contributed by atoms with E-state index in [1.165, 1.54) is 18.2 Å². The molecule has 1 saturated heterocycles. The van der Waals surface area contributed by atoms with Gasteiger partial charge in [-0.1, -0.05) is 29.8 Å². The normalized spacial score (nSPS) is 20.0. The smallest absolute Gasteiger partial charge is 0.422 e. The highest BCUT2D eigenvalue weighted by Gasteiger charge is 2.37. The van der Waals surface area contributed by atoms with Crippen LogP contribution in [0.2, 0.25) is 5.02 Å². The first kappa shape index (κ1) is 27.1. The van der Waals surface area contributed by atoms with Crippen molar-refractivity contribution in [1.29, 1.82) is 0 Å². The first-order chi connectivity index (χ1) is 17.6. The molecule has 11 heteroatoms. The molecule has 3 amide bonds. The van der Waals surface area contributed by atoms with Crippen LogP contribution in [0.4, 0.5) is 23.7 Å². The van der Waals surface area contributed by atoms with E-state index in [-0.39, 0.29) is 41.0 Å². The number of hydrogen-bond acceptors (Lipinski definition) is 4. The molecule has 0 radical (unpaired) electrons. The average Bonchev–Trinajstić information content (AvgIpc) is 3.26. The highest BCUT2D eigenvalue weighted by Crippen LogP contribution is 2.33. The molecule has 37 heavy (non-hydrogen) atoms. The van der Waals surface area contributed by atoms with Crippen LogP contribution in [-0.4, -0.2) is 73.4 Å². The van der Waals surface area contributed by atoms with E-state index >= 15 is 0 Å². The lowest BCUT2D eigenvalue weighted by Crippen LogP contribution is -2.51. The Balaban J connectivity index is 1.59. The lowest BCUT2D eigenvalue weighted by molar-refractivity contribution is -0.153. The summed E-state index contributed by atoms with van der Waals surface area (Å²) in [5.74, 6) is -0.504. The molecule has 0 aliphatic carbocycles. The van der Waals surface area contributed by atoms with Crippen molar-refractivity contribution in [2.24, 2.45) is 0 Å². The minimum Gasteiger partial charge on any atom is -0.484 e. The number of para-hydroxylation sites is 1. The molecular formula is C26H29ClF3N3O4. The predicted molar refractivity (Wildman–Crippen MR) is 133 cm³/mol. The van der Waals surface area contributed by atoms with Crippen LogP contribution in [0.15, 0.2) is 42.5 Å². The fourth-order valence-corrected chi connectivity index (χ4v) is 5.10. The quantitative estimate of drug-likeness (QED) is 0.513. The zero-order valence-electron chi connectivity index (χ0n) is 20.6. The summed E-state index contributed by atoms with van der Waals surface area (Å²) in [5.41, 5.74) is 1.58. The first-order valence-electron chi connectivity index (χ1n) is 12.0. The topological polar surface area (TPSA) is 62.3 Å². The summed E-state index contributed by atoms with van der Waals surface area (Å²) in [7, 11) is 1.62. The van der Waals surface area contributed by atoms with E-state index < -0.39 is 18.7 Å². The zero-order chi connectivity index (χ0) is 26.7. The van der Waals surface area contributed by atoms with Gasteiger partial charge in [0.25, 0.3) is 5.91 Å². The molecule has 0 bridgehead atoms. The summed E-state index contributed by atoms with van der Waals surface area (Å²) in [6.07, 6.45) is -2.70. The molecule has 2 atom stereocenters. The van der Waals surface area contributed by atoms with Crippen LogP contribution in [0.3, 0.4) is 0 Å². The van der Waals surface area contributed by atoms with Gasteiger partial charge in [0.15, 0.2) is 6.61 Å². The molecule has 7 nitrogen and oxygen atoms in total. The maximum atomic E-state index is 13.7. The number of fused-ring (bicyclic) bond motifs is 1. The van der Waals surface area contributed by atoms with Gasteiger partial charge in [0.2, 0.25) is 0 Å². The number of halogens is 4. The molecule has 1 fully saturated rings. The second kappa shape index (κ2) is 11.2. The molecule has 0 unspecified atom stereocenters. The van der Waals surface area contributed by atoms with Crippen LogP contribution in [0.1, 0.15) is 35.7 Å². The lowest BCUT2D eigenvalue weighted by atomic mass is 10.1. The van der Waals surface area contributed by atoms with Gasteiger partial charge >= 0.3 is 12.2 Å². The molecule has 2 aliphatic rings. The SMILES string of the molecule is COC[C@@H]1CCCN1C(=O)N1Cc2ccccc2N(C(=O)c2ccc(OCC(F)(F)F)cc2Cl)C[C@H]1C. The van der Waals surface area contributed by atoms with Crippen LogP contribution >= 0.6 is 11.6 Å². The van der Waals surface area contributed by atoms with Gasteiger partial charge in [-0.2, -0.15) is 13.2 Å². The van der Waals surface area contributed by atoms with E-state index in [9.17, 15) is 22.8 Å². The highest BCUT2D eigenvalue weighted by atomic mass is 35.5. The van der Waals surface area contributed by atoms with Crippen molar-refractivity contribution in [2.45, 2.75) is 44.6 Å². The highest BCUT2D eigenvalue weighted by molar-refractivity contribution is 6.34. The van der Waals surface area contributed by atoms with Crippen LogP contribution in [0.25, 0.3) is 0 Å². The van der Waals surface area contributed by atoms with Crippen molar-refractivity contribution in [2.75, 3.05) is 38.3 Å². The maximum Gasteiger partial charge on any atom is 0.422 e. The van der Waals surface area contributed by atoms with Gasteiger partial charge < -0.3 is 24.2 Å². The van der Waals surface area contributed by atoms with Gasteiger partial charge in [-0.05, 0) is 49.6 Å². The minimum absolute atomic E-state index is 0.0119. The number of carbonyl (C=O) groups excluding carboxylic acids is 2. The third-order valence-corrected chi connectivity index (χ3v) is 6.96. The molecule has 2 aromatic carbocycles. The second-order valence-electron chi connectivity index (χ2n) is 9.29. The first-order valence-corrected chi connectivity index (χ1v) is 12.4. The second-order valence-corrected chi connectivity index (χ2v) is 9.70.